The predicted octanol–water partition coefficient (Wildman–Crippen LogP) is 6.92. The van der Waals surface area contributed by atoms with Crippen molar-refractivity contribution in [2.75, 3.05) is 32.7 Å². The molecule has 3 heteroatoms. The molecule has 2 saturated heterocycles. The van der Waals surface area contributed by atoms with Crippen molar-refractivity contribution in [1.82, 2.24) is 9.80 Å². The van der Waals surface area contributed by atoms with Crippen LogP contribution in [-0.2, 0) is 4.79 Å². The average molecular weight is 513 g/mol. The first-order chi connectivity index (χ1) is 19.3. The van der Waals surface area contributed by atoms with Gasteiger partial charge in [0.2, 0.25) is 5.91 Å². The Morgan fingerprint density at radius 3 is 1.79 bits per heavy atom. The first kappa shape index (κ1) is 24.4. The number of carbonyl (C=O) groups excluding carboxylic acids is 1. The van der Waals surface area contributed by atoms with Crippen LogP contribution in [0.1, 0.15) is 52.8 Å². The van der Waals surface area contributed by atoms with Crippen molar-refractivity contribution >= 4 is 5.91 Å². The van der Waals surface area contributed by atoms with Crippen LogP contribution >= 0.6 is 0 Å². The molecular weight excluding hydrogens is 476 g/mol. The van der Waals surface area contributed by atoms with Crippen molar-refractivity contribution in [3.05, 3.63) is 131 Å². The Hall–Kier alpha value is -3.69. The summed E-state index contributed by atoms with van der Waals surface area (Å²) in [6.07, 6.45) is 2.43. The molecule has 1 amide bonds. The summed E-state index contributed by atoms with van der Waals surface area (Å²) in [4.78, 5) is 19.1. The standard InChI is InChI=1S/C36H36N2O/c39-36(35-32-17-9-7-15-30(32)31-16-8-10-18-33(31)35)38-24-29(34(25-38)28-13-5-2-6-14-28)23-37-21-19-27(20-22-37)26-11-3-1-4-12-26/h1-18,27,29,34-35H,19-25H2/t29-,34?/m0/s1. The number of rotatable bonds is 5. The van der Waals surface area contributed by atoms with E-state index in [0.29, 0.717) is 17.8 Å². The van der Waals surface area contributed by atoms with E-state index in [4.69, 9.17) is 0 Å². The number of benzene rings is 4. The fourth-order valence-corrected chi connectivity index (χ4v) is 7.42. The lowest BCUT2D eigenvalue weighted by Crippen LogP contribution is -2.39. The summed E-state index contributed by atoms with van der Waals surface area (Å²) < 4.78 is 0. The van der Waals surface area contributed by atoms with Crippen LogP contribution in [0.5, 0.6) is 0 Å². The Bertz CT molecular complexity index is 1400. The van der Waals surface area contributed by atoms with Gasteiger partial charge in [0.25, 0.3) is 0 Å². The zero-order valence-electron chi connectivity index (χ0n) is 22.5. The van der Waals surface area contributed by atoms with Crippen molar-refractivity contribution in [1.29, 1.82) is 0 Å². The van der Waals surface area contributed by atoms with E-state index in [1.54, 1.807) is 0 Å². The van der Waals surface area contributed by atoms with Crippen molar-refractivity contribution in [3.8, 4) is 11.1 Å². The molecule has 2 heterocycles. The van der Waals surface area contributed by atoms with E-state index >= 15 is 0 Å². The van der Waals surface area contributed by atoms with Crippen LogP contribution in [0, 0.1) is 5.92 Å². The number of nitrogens with zero attached hydrogens (tertiary/aromatic N) is 2. The van der Waals surface area contributed by atoms with E-state index in [9.17, 15) is 4.79 Å². The molecule has 2 fully saturated rings. The highest BCUT2D eigenvalue weighted by Crippen LogP contribution is 2.46. The van der Waals surface area contributed by atoms with Crippen LogP contribution in [-0.4, -0.2) is 48.4 Å². The van der Waals surface area contributed by atoms with Crippen LogP contribution in [0.2, 0.25) is 0 Å². The minimum Gasteiger partial charge on any atom is -0.341 e. The zero-order chi connectivity index (χ0) is 26.2. The number of likely N-dealkylation sites (tertiary alicyclic amines) is 2. The van der Waals surface area contributed by atoms with Gasteiger partial charge in [0.15, 0.2) is 0 Å². The molecule has 0 bridgehead atoms. The Labute approximate surface area is 232 Å². The Morgan fingerprint density at radius 2 is 1.18 bits per heavy atom. The molecule has 2 atom stereocenters. The SMILES string of the molecule is O=C(C1c2ccccc2-c2ccccc21)N1CC(c2ccccc2)[C@@H](CN2CCC(c3ccccc3)CC2)C1. The summed E-state index contributed by atoms with van der Waals surface area (Å²) in [5.41, 5.74) is 7.59. The summed E-state index contributed by atoms with van der Waals surface area (Å²) in [6, 6.07) is 38.8. The Morgan fingerprint density at radius 1 is 0.641 bits per heavy atom. The number of hydrogen-bond acceptors (Lipinski definition) is 2. The highest BCUT2D eigenvalue weighted by Gasteiger charge is 2.42. The first-order valence-corrected chi connectivity index (χ1v) is 14.6. The summed E-state index contributed by atoms with van der Waals surface area (Å²) in [6.45, 7) is 4.96. The lowest BCUT2D eigenvalue weighted by atomic mass is 9.86. The summed E-state index contributed by atoms with van der Waals surface area (Å²) in [5.74, 6) is 1.54. The van der Waals surface area contributed by atoms with Gasteiger partial charge < -0.3 is 9.80 Å². The molecule has 0 aromatic heterocycles. The molecule has 1 aliphatic carbocycles. The van der Waals surface area contributed by atoms with Gasteiger partial charge in [-0.2, -0.15) is 0 Å². The Kier molecular flexibility index (Phi) is 6.54. The lowest BCUT2D eigenvalue weighted by molar-refractivity contribution is -0.130. The normalized spacial score (nSPS) is 21.6. The molecule has 3 nitrogen and oxygen atoms in total. The minimum absolute atomic E-state index is 0.200. The molecule has 0 saturated carbocycles. The molecule has 0 N–H and O–H groups in total. The van der Waals surface area contributed by atoms with E-state index in [1.807, 2.05) is 0 Å². The molecule has 1 unspecified atom stereocenters. The maximum absolute atomic E-state index is 14.3. The third-order valence-corrected chi connectivity index (χ3v) is 9.41. The fraction of sp³-hybridized carbons (Fsp3) is 0.306. The minimum atomic E-state index is -0.200. The Balaban J connectivity index is 1.11. The third-order valence-electron chi connectivity index (χ3n) is 9.41. The van der Waals surface area contributed by atoms with Gasteiger partial charge in [-0.15, -0.1) is 0 Å². The number of amides is 1. The van der Waals surface area contributed by atoms with Gasteiger partial charge in [-0.05, 0) is 71.1 Å². The lowest BCUT2D eigenvalue weighted by Gasteiger charge is -2.35. The quantitative estimate of drug-likeness (QED) is 0.290. The maximum Gasteiger partial charge on any atom is 0.234 e. The molecule has 7 rings (SSSR count). The molecular formula is C36H36N2O. The second-order valence-corrected chi connectivity index (χ2v) is 11.6. The summed E-state index contributed by atoms with van der Waals surface area (Å²) >= 11 is 0. The number of piperidine rings is 1. The van der Waals surface area contributed by atoms with Crippen molar-refractivity contribution in [2.24, 2.45) is 5.92 Å². The van der Waals surface area contributed by atoms with Crippen molar-refractivity contribution in [3.63, 3.8) is 0 Å². The van der Waals surface area contributed by atoms with Gasteiger partial charge in [0, 0.05) is 25.6 Å². The second kappa shape index (κ2) is 10.5. The maximum atomic E-state index is 14.3. The molecule has 3 aliphatic rings. The third kappa shape index (κ3) is 4.59. The van der Waals surface area contributed by atoms with Crippen LogP contribution in [0.25, 0.3) is 11.1 Å². The van der Waals surface area contributed by atoms with Gasteiger partial charge in [-0.1, -0.05) is 109 Å². The molecule has 2 aliphatic heterocycles. The van der Waals surface area contributed by atoms with Crippen LogP contribution < -0.4 is 0 Å². The highest BCUT2D eigenvalue weighted by molar-refractivity contribution is 5.96. The molecule has 39 heavy (non-hydrogen) atoms. The molecule has 4 aromatic carbocycles. The van der Waals surface area contributed by atoms with E-state index < -0.39 is 0 Å². The molecule has 0 radical (unpaired) electrons. The summed E-state index contributed by atoms with van der Waals surface area (Å²) in [5, 5.41) is 0. The second-order valence-electron chi connectivity index (χ2n) is 11.6. The molecule has 196 valence electrons. The van der Waals surface area contributed by atoms with Crippen LogP contribution in [0.4, 0.5) is 0 Å². The number of fused-ring (bicyclic) bond motifs is 3. The fourth-order valence-electron chi connectivity index (χ4n) is 7.42. The van der Waals surface area contributed by atoms with Gasteiger partial charge in [0.1, 0.15) is 0 Å². The highest BCUT2D eigenvalue weighted by atomic mass is 16.2. The van der Waals surface area contributed by atoms with E-state index in [-0.39, 0.29) is 11.8 Å². The molecule has 4 aromatic rings. The van der Waals surface area contributed by atoms with Crippen LogP contribution in [0.15, 0.2) is 109 Å². The number of hydrogen-bond donors (Lipinski definition) is 0. The van der Waals surface area contributed by atoms with Crippen LogP contribution in [0.3, 0.4) is 0 Å². The van der Waals surface area contributed by atoms with Crippen molar-refractivity contribution < 1.29 is 4.79 Å². The summed E-state index contributed by atoms with van der Waals surface area (Å²) in [7, 11) is 0. The predicted molar refractivity (Wildman–Crippen MR) is 158 cm³/mol. The molecule has 0 spiro atoms. The van der Waals surface area contributed by atoms with Gasteiger partial charge in [-0.3, -0.25) is 4.79 Å². The zero-order valence-corrected chi connectivity index (χ0v) is 22.5. The monoisotopic (exact) mass is 512 g/mol. The van der Waals surface area contributed by atoms with E-state index in [1.165, 1.54) is 35.1 Å². The largest absolute Gasteiger partial charge is 0.341 e. The smallest absolute Gasteiger partial charge is 0.234 e. The topological polar surface area (TPSA) is 23.6 Å². The van der Waals surface area contributed by atoms with Gasteiger partial charge in [0.05, 0.1) is 5.92 Å². The van der Waals surface area contributed by atoms with Gasteiger partial charge in [-0.25, -0.2) is 0 Å². The average Bonchev–Trinajstić information content (AvgIpc) is 3.58. The first-order valence-electron chi connectivity index (χ1n) is 14.6. The van der Waals surface area contributed by atoms with E-state index in [0.717, 1.165) is 43.9 Å². The van der Waals surface area contributed by atoms with Crippen molar-refractivity contribution in [2.45, 2.75) is 30.6 Å². The number of carbonyl (C=O) groups is 1. The van der Waals surface area contributed by atoms with Gasteiger partial charge >= 0.3 is 0 Å². The van der Waals surface area contributed by atoms with E-state index in [2.05, 4.69) is 119 Å².